The Labute approximate surface area is 83.9 Å². The minimum Gasteiger partial charge on any atom is -0.370 e. The highest BCUT2D eigenvalue weighted by atomic mass is 16.5. The summed E-state index contributed by atoms with van der Waals surface area (Å²) in [7, 11) is 0. The van der Waals surface area contributed by atoms with E-state index >= 15 is 0 Å². The van der Waals surface area contributed by atoms with Crippen molar-refractivity contribution in [3.63, 3.8) is 0 Å². The van der Waals surface area contributed by atoms with Crippen molar-refractivity contribution in [3.8, 4) is 0 Å². The third kappa shape index (κ3) is 2.20. The molecule has 1 aliphatic rings. The normalized spacial score (nSPS) is 26.3. The lowest BCUT2D eigenvalue weighted by Gasteiger charge is -2.06. The zero-order valence-corrected chi connectivity index (χ0v) is 8.06. The number of carbonyl (C=O) groups excluding carboxylic acids is 1. The average Bonchev–Trinajstić information content (AvgIpc) is 2.67. The summed E-state index contributed by atoms with van der Waals surface area (Å²) >= 11 is 0. The monoisotopic (exact) mass is 190 g/mol. The molecule has 0 spiro atoms. The molecule has 0 amide bonds. The first kappa shape index (κ1) is 9.41. The van der Waals surface area contributed by atoms with Crippen molar-refractivity contribution in [1.82, 2.24) is 0 Å². The van der Waals surface area contributed by atoms with E-state index in [4.69, 9.17) is 4.74 Å². The smallest absolute Gasteiger partial charge is 0.148 e. The van der Waals surface area contributed by atoms with E-state index in [2.05, 4.69) is 12.1 Å². The lowest BCUT2D eigenvalue weighted by atomic mass is 9.97. The van der Waals surface area contributed by atoms with E-state index in [0.29, 0.717) is 5.92 Å². The molecule has 0 bridgehead atoms. The largest absolute Gasteiger partial charge is 0.370 e. The van der Waals surface area contributed by atoms with E-state index in [9.17, 15) is 4.79 Å². The molecule has 2 atom stereocenters. The SMILES string of the molecule is O=CC1CC(Cc2ccccc2)CO1. The van der Waals surface area contributed by atoms with Gasteiger partial charge >= 0.3 is 0 Å². The molecule has 2 rings (SSSR count). The molecule has 74 valence electrons. The number of ether oxygens (including phenoxy) is 1. The summed E-state index contributed by atoms with van der Waals surface area (Å²) in [6, 6.07) is 10.3. The van der Waals surface area contributed by atoms with Crippen LogP contribution in [0.3, 0.4) is 0 Å². The molecular formula is C12H14O2. The molecule has 1 fully saturated rings. The Morgan fingerprint density at radius 2 is 2.14 bits per heavy atom. The minimum absolute atomic E-state index is 0.163. The van der Waals surface area contributed by atoms with E-state index in [1.807, 2.05) is 18.2 Å². The van der Waals surface area contributed by atoms with E-state index in [0.717, 1.165) is 25.7 Å². The van der Waals surface area contributed by atoms with Gasteiger partial charge in [-0.15, -0.1) is 0 Å². The zero-order chi connectivity index (χ0) is 9.80. The van der Waals surface area contributed by atoms with Crippen molar-refractivity contribution in [2.45, 2.75) is 18.9 Å². The standard InChI is InChI=1S/C12H14O2/c13-8-12-7-11(9-14-12)6-10-4-2-1-3-5-10/h1-5,8,11-12H,6-7,9H2. The van der Waals surface area contributed by atoms with Gasteiger partial charge in [0, 0.05) is 0 Å². The molecule has 2 heteroatoms. The second-order valence-corrected chi connectivity index (χ2v) is 3.80. The van der Waals surface area contributed by atoms with Crippen molar-refractivity contribution in [3.05, 3.63) is 35.9 Å². The third-order valence-corrected chi connectivity index (χ3v) is 2.63. The summed E-state index contributed by atoms with van der Waals surface area (Å²) in [5, 5.41) is 0. The van der Waals surface area contributed by atoms with Gasteiger partial charge in [0.25, 0.3) is 0 Å². The molecule has 0 N–H and O–H groups in total. The summed E-state index contributed by atoms with van der Waals surface area (Å²) in [6.07, 6.45) is 2.64. The molecule has 2 unspecified atom stereocenters. The first-order valence-corrected chi connectivity index (χ1v) is 4.99. The highest BCUT2D eigenvalue weighted by Crippen LogP contribution is 2.22. The number of hydrogen-bond acceptors (Lipinski definition) is 2. The molecule has 1 aliphatic heterocycles. The minimum atomic E-state index is -0.163. The molecular weight excluding hydrogens is 176 g/mol. The molecule has 1 saturated heterocycles. The Balaban J connectivity index is 1.90. The van der Waals surface area contributed by atoms with Gasteiger partial charge < -0.3 is 9.53 Å². The molecule has 0 aromatic heterocycles. The van der Waals surface area contributed by atoms with Crippen LogP contribution in [0.4, 0.5) is 0 Å². The number of benzene rings is 1. The topological polar surface area (TPSA) is 26.3 Å². The van der Waals surface area contributed by atoms with Gasteiger partial charge in [0.05, 0.1) is 6.61 Å². The van der Waals surface area contributed by atoms with Crippen LogP contribution in [0.2, 0.25) is 0 Å². The van der Waals surface area contributed by atoms with Gasteiger partial charge in [0.1, 0.15) is 12.4 Å². The lowest BCUT2D eigenvalue weighted by molar-refractivity contribution is -0.115. The molecule has 1 heterocycles. The Morgan fingerprint density at radius 3 is 2.79 bits per heavy atom. The second kappa shape index (κ2) is 4.38. The van der Waals surface area contributed by atoms with Crippen molar-refractivity contribution < 1.29 is 9.53 Å². The fourth-order valence-electron chi connectivity index (χ4n) is 1.91. The van der Waals surface area contributed by atoms with Gasteiger partial charge in [-0.3, -0.25) is 0 Å². The Morgan fingerprint density at radius 1 is 1.36 bits per heavy atom. The van der Waals surface area contributed by atoms with Crippen molar-refractivity contribution in [1.29, 1.82) is 0 Å². The quantitative estimate of drug-likeness (QED) is 0.680. The van der Waals surface area contributed by atoms with Crippen LogP contribution in [0, 0.1) is 5.92 Å². The van der Waals surface area contributed by atoms with E-state index in [1.54, 1.807) is 0 Å². The summed E-state index contributed by atoms with van der Waals surface area (Å²) in [5.74, 6) is 0.507. The molecule has 0 radical (unpaired) electrons. The summed E-state index contributed by atoms with van der Waals surface area (Å²) in [4.78, 5) is 10.5. The Hall–Kier alpha value is -1.15. The van der Waals surface area contributed by atoms with Crippen LogP contribution in [-0.4, -0.2) is 19.0 Å². The maximum atomic E-state index is 10.5. The van der Waals surface area contributed by atoms with Crippen LogP contribution in [0.25, 0.3) is 0 Å². The van der Waals surface area contributed by atoms with Crippen molar-refractivity contribution in [2.75, 3.05) is 6.61 Å². The summed E-state index contributed by atoms with van der Waals surface area (Å²) < 4.78 is 5.32. The molecule has 14 heavy (non-hydrogen) atoms. The highest BCUT2D eigenvalue weighted by Gasteiger charge is 2.24. The molecule has 1 aromatic carbocycles. The van der Waals surface area contributed by atoms with E-state index < -0.39 is 0 Å². The number of carbonyl (C=O) groups is 1. The fraction of sp³-hybridized carbons (Fsp3) is 0.417. The molecule has 0 aliphatic carbocycles. The predicted molar refractivity (Wildman–Crippen MR) is 54.1 cm³/mol. The molecule has 2 nitrogen and oxygen atoms in total. The van der Waals surface area contributed by atoms with Crippen LogP contribution >= 0.6 is 0 Å². The number of hydrogen-bond donors (Lipinski definition) is 0. The Bertz CT molecular complexity index is 294. The summed E-state index contributed by atoms with van der Waals surface area (Å²) in [5.41, 5.74) is 1.33. The van der Waals surface area contributed by atoms with Crippen LogP contribution in [0.15, 0.2) is 30.3 Å². The fourth-order valence-corrected chi connectivity index (χ4v) is 1.91. The van der Waals surface area contributed by atoms with Crippen LogP contribution < -0.4 is 0 Å². The van der Waals surface area contributed by atoms with Crippen LogP contribution in [0.5, 0.6) is 0 Å². The second-order valence-electron chi connectivity index (χ2n) is 3.80. The first-order chi connectivity index (χ1) is 6.88. The predicted octanol–water partition coefficient (Wildman–Crippen LogP) is 1.83. The van der Waals surface area contributed by atoms with Crippen molar-refractivity contribution in [2.24, 2.45) is 5.92 Å². The van der Waals surface area contributed by atoms with Gasteiger partial charge in [-0.2, -0.15) is 0 Å². The highest BCUT2D eigenvalue weighted by molar-refractivity contribution is 5.56. The number of rotatable bonds is 3. The summed E-state index contributed by atoms with van der Waals surface area (Å²) in [6.45, 7) is 0.721. The maximum absolute atomic E-state index is 10.5. The van der Waals surface area contributed by atoms with Crippen LogP contribution in [-0.2, 0) is 16.0 Å². The van der Waals surface area contributed by atoms with Gasteiger partial charge in [0.2, 0.25) is 0 Å². The van der Waals surface area contributed by atoms with Gasteiger partial charge in [-0.25, -0.2) is 0 Å². The van der Waals surface area contributed by atoms with E-state index in [1.165, 1.54) is 5.56 Å². The first-order valence-electron chi connectivity index (χ1n) is 4.99. The third-order valence-electron chi connectivity index (χ3n) is 2.63. The van der Waals surface area contributed by atoms with E-state index in [-0.39, 0.29) is 6.10 Å². The van der Waals surface area contributed by atoms with Gasteiger partial charge in [0.15, 0.2) is 0 Å². The molecule has 1 aromatic rings. The lowest BCUT2D eigenvalue weighted by Crippen LogP contribution is -2.06. The Kier molecular flexibility index (Phi) is 2.94. The zero-order valence-electron chi connectivity index (χ0n) is 8.06. The maximum Gasteiger partial charge on any atom is 0.148 e. The average molecular weight is 190 g/mol. The van der Waals surface area contributed by atoms with Crippen LogP contribution in [0.1, 0.15) is 12.0 Å². The molecule has 0 saturated carbocycles. The van der Waals surface area contributed by atoms with Crippen molar-refractivity contribution >= 4 is 6.29 Å². The van der Waals surface area contributed by atoms with Gasteiger partial charge in [-0.1, -0.05) is 30.3 Å². The van der Waals surface area contributed by atoms with Gasteiger partial charge in [-0.05, 0) is 24.3 Å². The number of aldehydes is 1.